The number of nitrogens with zero attached hydrogens (tertiary/aromatic N) is 2. The number of hydrogen-bond acceptors (Lipinski definition) is 4. The van der Waals surface area contributed by atoms with E-state index in [9.17, 15) is 4.79 Å². The minimum absolute atomic E-state index is 0.405. The van der Waals surface area contributed by atoms with Crippen molar-refractivity contribution in [3.05, 3.63) is 23.9 Å². The molecule has 19 heavy (non-hydrogen) atoms. The van der Waals surface area contributed by atoms with Gasteiger partial charge in [-0.1, -0.05) is 0 Å². The molecular formula is C14H22N2O3. The Morgan fingerprint density at radius 3 is 2.63 bits per heavy atom. The molecular weight excluding hydrogens is 244 g/mol. The van der Waals surface area contributed by atoms with Gasteiger partial charge in [0.25, 0.3) is 0 Å². The Bertz CT molecular complexity index is 427. The maximum absolute atomic E-state index is 12.2. The van der Waals surface area contributed by atoms with Gasteiger partial charge in [0, 0.05) is 13.3 Å². The largest absolute Gasteiger partial charge is 0.443 e. The zero-order valence-corrected chi connectivity index (χ0v) is 12.3. The normalized spacial score (nSPS) is 11.2. The Hall–Kier alpha value is -1.62. The SMILES string of the molecule is COCCN(C(=O)OC(C)(C)C)c1cc(C)ccn1. The van der Waals surface area contributed by atoms with Gasteiger partial charge >= 0.3 is 6.09 Å². The highest BCUT2D eigenvalue weighted by Gasteiger charge is 2.23. The molecule has 0 aliphatic heterocycles. The van der Waals surface area contributed by atoms with Gasteiger partial charge in [-0.25, -0.2) is 9.78 Å². The minimum Gasteiger partial charge on any atom is -0.443 e. The van der Waals surface area contributed by atoms with Crippen molar-refractivity contribution in [1.82, 2.24) is 4.98 Å². The summed E-state index contributed by atoms with van der Waals surface area (Å²) >= 11 is 0. The van der Waals surface area contributed by atoms with Crippen molar-refractivity contribution in [2.75, 3.05) is 25.2 Å². The van der Waals surface area contributed by atoms with E-state index in [2.05, 4.69) is 4.98 Å². The van der Waals surface area contributed by atoms with E-state index in [0.29, 0.717) is 19.0 Å². The number of pyridine rings is 1. The Morgan fingerprint density at radius 2 is 2.11 bits per heavy atom. The van der Waals surface area contributed by atoms with Crippen molar-refractivity contribution >= 4 is 11.9 Å². The van der Waals surface area contributed by atoms with Crippen LogP contribution < -0.4 is 4.90 Å². The molecule has 1 aromatic heterocycles. The lowest BCUT2D eigenvalue weighted by Gasteiger charge is -2.26. The molecule has 0 bridgehead atoms. The zero-order chi connectivity index (χ0) is 14.5. The lowest BCUT2D eigenvalue weighted by atomic mass is 10.2. The van der Waals surface area contributed by atoms with Crippen molar-refractivity contribution in [2.45, 2.75) is 33.3 Å². The number of ether oxygens (including phenoxy) is 2. The molecule has 5 heteroatoms. The second kappa shape index (κ2) is 6.52. The quantitative estimate of drug-likeness (QED) is 0.841. The van der Waals surface area contributed by atoms with E-state index in [1.807, 2.05) is 39.8 Å². The number of methoxy groups -OCH3 is 1. The van der Waals surface area contributed by atoms with Crippen molar-refractivity contribution in [3.8, 4) is 0 Å². The van der Waals surface area contributed by atoms with E-state index >= 15 is 0 Å². The van der Waals surface area contributed by atoms with Crippen LogP contribution in [0.5, 0.6) is 0 Å². The molecule has 1 heterocycles. The van der Waals surface area contributed by atoms with Crippen LogP contribution in [0.2, 0.25) is 0 Å². The predicted octanol–water partition coefficient (Wildman–Crippen LogP) is 2.78. The van der Waals surface area contributed by atoms with Gasteiger partial charge in [0.05, 0.1) is 13.2 Å². The number of aromatic nitrogens is 1. The molecule has 5 nitrogen and oxygen atoms in total. The standard InChI is InChI=1S/C14H22N2O3/c1-11-6-7-15-12(10-11)16(8-9-18-5)13(17)19-14(2,3)4/h6-7,10H,8-9H2,1-5H3. The molecule has 0 aromatic carbocycles. The third kappa shape index (κ3) is 5.26. The van der Waals surface area contributed by atoms with Crippen molar-refractivity contribution in [3.63, 3.8) is 0 Å². The van der Waals surface area contributed by atoms with Gasteiger partial charge in [-0.15, -0.1) is 0 Å². The number of anilines is 1. The Labute approximate surface area is 114 Å². The van der Waals surface area contributed by atoms with Gasteiger partial charge in [-0.3, -0.25) is 4.90 Å². The van der Waals surface area contributed by atoms with E-state index in [1.54, 1.807) is 13.3 Å². The first-order valence-electron chi connectivity index (χ1n) is 6.25. The summed E-state index contributed by atoms with van der Waals surface area (Å²) in [6.07, 6.45) is 1.26. The van der Waals surface area contributed by atoms with Crippen LogP contribution in [0.25, 0.3) is 0 Å². The highest BCUT2D eigenvalue weighted by Crippen LogP contribution is 2.16. The molecule has 0 N–H and O–H groups in total. The molecule has 0 aliphatic carbocycles. The molecule has 0 aliphatic rings. The smallest absolute Gasteiger partial charge is 0.416 e. The molecule has 0 atom stereocenters. The fourth-order valence-corrected chi connectivity index (χ4v) is 1.47. The monoisotopic (exact) mass is 266 g/mol. The van der Waals surface area contributed by atoms with E-state index in [4.69, 9.17) is 9.47 Å². The zero-order valence-electron chi connectivity index (χ0n) is 12.3. The Kier molecular flexibility index (Phi) is 5.30. The number of hydrogen-bond donors (Lipinski definition) is 0. The average Bonchev–Trinajstić information content (AvgIpc) is 2.27. The second-order valence-corrected chi connectivity index (χ2v) is 5.32. The van der Waals surface area contributed by atoms with Crippen LogP contribution in [0, 0.1) is 6.92 Å². The molecule has 1 amide bonds. The summed E-state index contributed by atoms with van der Waals surface area (Å²) in [6.45, 7) is 8.29. The van der Waals surface area contributed by atoms with Crippen LogP contribution in [0.4, 0.5) is 10.6 Å². The van der Waals surface area contributed by atoms with Crippen LogP contribution >= 0.6 is 0 Å². The number of carbonyl (C=O) groups excluding carboxylic acids is 1. The average molecular weight is 266 g/mol. The van der Waals surface area contributed by atoms with Gasteiger partial charge in [-0.2, -0.15) is 0 Å². The lowest BCUT2D eigenvalue weighted by Crippen LogP contribution is -2.39. The van der Waals surface area contributed by atoms with Gasteiger partial charge < -0.3 is 9.47 Å². The first-order valence-corrected chi connectivity index (χ1v) is 6.25. The van der Waals surface area contributed by atoms with E-state index in [1.165, 1.54) is 4.90 Å². The number of rotatable bonds is 4. The lowest BCUT2D eigenvalue weighted by molar-refractivity contribution is 0.0568. The number of carbonyl (C=O) groups is 1. The van der Waals surface area contributed by atoms with E-state index in [0.717, 1.165) is 5.56 Å². The molecule has 0 unspecified atom stereocenters. The summed E-state index contributed by atoms with van der Waals surface area (Å²) < 4.78 is 10.4. The predicted molar refractivity (Wildman–Crippen MR) is 74.4 cm³/mol. The third-order valence-electron chi connectivity index (χ3n) is 2.31. The van der Waals surface area contributed by atoms with E-state index in [-0.39, 0.29) is 0 Å². The van der Waals surface area contributed by atoms with Gasteiger partial charge in [-0.05, 0) is 45.4 Å². The minimum atomic E-state index is -0.535. The Balaban J connectivity index is 2.91. The highest BCUT2D eigenvalue weighted by atomic mass is 16.6. The molecule has 1 aromatic rings. The summed E-state index contributed by atoms with van der Waals surface area (Å²) in [4.78, 5) is 17.9. The van der Waals surface area contributed by atoms with Crippen molar-refractivity contribution in [1.29, 1.82) is 0 Å². The maximum atomic E-state index is 12.2. The first-order chi connectivity index (χ1) is 8.83. The molecule has 0 spiro atoms. The fourth-order valence-electron chi connectivity index (χ4n) is 1.47. The summed E-state index contributed by atoms with van der Waals surface area (Å²) in [5, 5.41) is 0. The molecule has 1 rings (SSSR count). The molecule has 0 saturated heterocycles. The van der Waals surface area contributed by atoms with Crippen LogP contribution in [0.3, 0.4) is 0 Å². The van der Waals surface area contributed by atoms with Gasteiger partial charge in [0.1, 0.15) is 11.4 Å². The number of amides is 1. The summed E-state index contributed by atoms with van der Waals surface area (Å²) in [5.74, 6) is 0.575. The van der Waals surface area contributed by atoms with Gasteiger partial charge in [0.15, 0.2) is 0 Å². The van der Waals surface area contributed by atoms with Gasteiger partial charge in [0.2, 0.25) is 0 Å². The fraction of sp³-hybridized carbons (Fsp3) is 0.571. The Morgan fingerprint density at radius 1 is 1.42 bits per heavy atom. The van der Waals surface area contributed by atoms with Crippen LogP contribution in [-0.2, 0) is 9.47 Å². The molecule has 106 valence electrons. The van der Waals surface area contributed by atoms with Crippen molar-refractivity contribution < 1.29 is 14.3 Å². The van der Waals surface area contributed by atoms with Crippen LogP contribution in [0.1, 0.15) is 26.3 Å². The molecule has 0 saturated carbocycles. The van der Waals surface area contributed by atoms with Crippen molar-refractivity contribution in [2.24, 2.45) is 0 Å². The molecule has 0 radical (unpaired) electrons. The van der Waals surface area contributed by atoms with E-state index < -0.39 is 11.7 Å². The summed E-state index contributed by atoms with van der Waals surface area (Å²) in [5.41, 5.74) is 0.502. The van der Waals surface area contributed by atoms with Crippen LogP contribution in [0.15, 0.2) is 18.3 Å². The maximum Gasteiger partial charge on any atom is 0.416 e. The summed E-state index contributed by atoms with van der Waals surface area (Å²) in [7, 11) is 1.59. The second-order valence-electron chi connectivity index (χ2n) is 5.32. The highest BCUT2D eigenvalue weighted by molar-refractivity contribution is 5.86. The topological polar surface area (TPSA) is 51.7 Å². The number of aryl methyl sites for hydroxylation is 1. The third-order valence-corrected chi connectivity index (χ3v) is 2.31. The summed E-state index contributed by atoms with van der Waals surface area (Å²) in [6, 6.07) is 3.73. The first kappa shape index (κ1) is 15.4. The van der Waals surface area contributed by atoms with Crippen LogP contribution in [-0.4, -0.2) is 36.9 Å². The molecule has 0 fully saturated rings.